The van der Waals surface area contributed by atoms with Crippen molar-refractivity contribution in [2.45, 2.75) is 33.1 Å². The number of hydrogen-bond donors (Lipinski definition) is 1. The van der Waals surface area contributed by atoms with E-state index < -0.39 is 0 Å². The third-order valence-electron chi connectivity index (χ3n) is 2.84. The van der Waals surface area contributed by atoms with Crippen LogP contribution in [0.2, 0.25) is 0 Å². The second-order valence-electron chi connectivity index (χ2n) is 4.26. The lowest BCUT2D eigenvalue weighted by Gasteiger charge is -2.18. The van der Waals surface area contributed by atoms with Crippen molar-refractivity contribution in [3.8, 4) is 0 Å². The van der Waals surface area contributed by atoms with Crippen LogP contribution in [0, 0.1) is 5.92 Å². The van der Waals surface area contributed by atoms with Crippen molar-refractivity contribution in [3.63, 3.8) is 0 Å². The first-order valence-electron chi connectivity index (χ1n) is 6.03. The van der Waals surface area contributed by atoms with Crippen LogP contribution in [-0.2, 0) is 27.2 Å². The molecule has 1 N–H and O–H groups in total. The van der Waals surface area contributed by atoms with Gasteiger partial charge in [-0.3, -0.25) is 9.59 Å². The Balaban J connectivity index is 0.00000180. The van der Waals surface area contributed by atoms with Crippen LogP contribution in [0.5, 0.6) is 0 Å². The van der Waals surface area contributed by atoms with Crippen LogP contribution in [0.4, 0.5) is 5.13 Å². The first-order chi connectivity index (χ1) is 8.60. The molecular formula is C12H17BrN2O3S. The van der Waals surface area contributed by atoms with E-state index in [1.165, 1.54) is 18.3 Å². The Labute approximate surface area is 126 Å². The summed E-state index contributed by atoms with van der Waals surface area (Å²) in [5, 5.41) is 3.31. The number of thiazole rings is 1. The third-order valence-corrected chi connectivity index (χ3v) is 3.88. The molecule has 0 fully saturated rings. The molecular weight excluding hydrogens is 332 g/mol. The van der Waals surface area contributed by atoms with Gasteiger partial charge in [-0.2, -0.15) is 0 Å². The van der Waals surface area contributed by atoms with Gasteiger partial charge in [-0.1, -0.05) is 0 Å². The molecule has 0 spiro atoms. The average molecular weight is 349 g/mol. The van der Waals surface area contributed by atoms with E-state index in [-0.39, 0.29) is 34.8 Å². The van der Waals surface area contributed by atoms with Crippen LogP contribution in [-0.4, -0.2) is 23.5 Å². The van der Waals surface area contributed by atoms with Crippen molar-refractivity contribution in [2.75, 3.05) is 11.9 Å². The Morgan fingerprint density at radius 3 is 2.89 bits per heavy atom. The van der Waals surface area contributed by atoms with Crippen LogP contribution in [0.1, 0.15) is 30.8 Å². The fourth-order valence-electron chi connectivity index (χ4n) is 2.04. The minimum Gasteiger partial charge on any atom is -0.466 e. The molecule has 1 aliphatic rings. The highest BCUT2D eigenvalue weighted by Crippen LogP contribution is 2.32. The van der Waals surface area contributed by atoms with Gasteiger partial charge in [0.2, 0.25) is 5.91 Å². The van der Waals surface area contributed by atoms with Gasteiger partial charge in [0.05, 0.1) is 18.2 Å². The number of ether oxygens (including phenoxy) is 1. The predicted molar refractivity (Wildman–Crippen MR) is 78.9 cm³/mol. The number of nitrogens with zero attached hydrogens (tertiary/aromatic N) is 1. The minimum absolute atomic E-state index is 0. The van der Waals surface area contributed by atoms with Gasteiger partial charge in [-0.05, 0) is 26.2 Å². The van der Waals surface area contributed by atoms with Gasteiger partial charge in [-0.15, -0.1) is 28.3 Å². The van der Waals surface area contributed by atoms with E-state index in [1.807, 2.05) is 6.92 Å². The number of amides is 1. The van der Waals surface area contributed by atoms with Crippen molar-refractivity contribution in [2.24, 2.45) is 5.92 Å². The average Bonchev–Trinajstić information content (AvgIpc) is 2.69. The largest absolute Gasteiger partial charge is 0.466 e. The summed E-state index contributed by atoms with van der Waals surface area (Å²) < 4.78 is 5.04. The SMILES string of the molecule is Br.CCOC(=O)C1CCc2nc(NC(C)=O)sc2C1. The Bertz CT molecular complexity index is 476. The molecule has 0 aromatic carbocycles. The molecule has 7 heteroatoms. The van der Waals surface area contributed by atoms with E-state index in [0.717, 1.165) is 23.4 Å². The first-order valence-corrected chi connectivity index (χ1v) is 6.84. The van der Waals surface area contributed by atoms with Crippen LogP contribution in [0.3, 0.4) is 0 Å². The van der Waals surface area contributed by atoms with Crippen LogP contribution in [0.25, 0.3) is 0 Å². The lowest BCUT2D eigenvalue weighted by atomic mass is 9.91. The van der Waals surface area contributed by atoms with Crippen molar-refractivity contribution in [1.82, 2.24) is 4.98 Å². The van der Waals surface area contributed by atoms with Crippen LogP contribution >= 0.6 is 28.3 Å². The molecule has 0 saturated heterocycles. The second-order valence-corrected chi connectivity index (χ2v) is 5.35. The number of anilines is 1. The molecule has 0 bridgehead atoms. The van der Waals surface area contributed by atoms with Gasteiger partial charge in [0.25, 0.3) is 0 Å². The van der Waals surface area contributed by atoms with Gasteiger partial charge < -0.3 is 10.1 Å². The maximum absolute atomic E-state index is 11.7. The zero-order chi connectivity index (χ0) is 13.1. The number of carbonyl (C=O) groups is 2. The van der Waals surface area contributed by atoms with Gasteiger partial charge >= 0.3 is 5.97 Å². The zero-order valence-electron chi connectivity index (χ0n) is 10.9. The second kappa shape index (κ2) is 7.00. The number of aryl methyl sites for hydroxylation is 1. The molecule has 1 aliphatic carbocycles. The van der Waals surface area contributed by atoms with Crippen LogP contribution < -0.4 is 5.32 Å². The fraction of sp³-hybridized carbons (Fsp3) is 0.583. The number of fused-ring (bicyclic) bond motifs is 1. The monoisotopic (exact) mass is 348 g/mol. The standard InChI is InChI=1S/C12H16N2O3S.BrH/c1-3-17-11(16)8-4-5-9-10(6-8)18-12(14-9)13-7(2)15;/h8H,3-6H2,1-2H3,(H,13,14,15);1H. The fourth-order valence-corrected chi connectivity index (χ4v) is 3.17. The number of halogens is 1. The highest BCUT2D eigenvalue weighted by molar-refractivity contribution is 8.93. The molecule has 1 atom stereocenters. The quantitative estimate of drug-likeness (QED) is 0.851. The zero-order valence-corrected chi connectivity index (χ0v) is 13.4. The summed E-state index contributed by atoms with van der Waals surface area (Å²) in [7, 11) is 0. The number of rotatable bonds is 3. The summed E-state index contributed by atoms with van der Waals surface area (Å²) in [6.45, 7) is 3.69. The number of aromatic nitrogens is 1. The maximum atomic E-state index is 11.7. The van der Waals surface area contributed by atoms with E-state index in [0.29, 0.717) is 18.2 Å². The number of carbonyl (C=O) groups excluding carboxylic acids is 2. The Hall–Kier alpha value is -0.950. The molecule has 1 unspecified atom stereocenters. The molecule has 2 rings (SSSR count). The van der Waals surface area contributed by atoms with Gasteiger partial charge in [0.1, 0.15) is 0 Å². The van der Waals surface area contributed by atoms with Crippen molar-refractivity contribution < 1.29 is 14.3 Å². The molecule has 1 aromatic heterocycles. The molecule has 106 valence electrons. The van der Waals surface area contributed by atoms with E-state index in [2.05, 4.69) is 10.3 Å². The highest BCUT2D eigenvalue weighted by Gasteiger charge is 2.28. The molecule has 1 amide bonds. The summed E-state index contributed by atoms with van der Waals surface area (Å²) in [6, 6.07) is 0. The van der Waals surface area contributed by atoms with Crippen molar-refractivity contribution >= 4 is 45.3 Å². The summed E-state index contributed by atoms with van der Waals surface area (Å²) in [4.78, 5) is 28.1. The topological polar surface area (TPSA) is 68.3 Å². The van der Waals surface area contributed by atoms with Gasteiger partial charge in [0, 0.05) is 11.8 Å². The lowest BCUT2D eigenvalue weighted by molar-refractivity contribution is -0.148. The summed E-state index contributed by atoms with van der Waals surface area (Å²) in [6.07, 6.45) is 2.22. The molecule has 1 aromatic rings. The minimum atomic E-state index is -0.127. The molecule has 5 nitrogen and oxygen atoms in total. The molecule has 0 aliphatic heterocycles. The highest BCUT2D eigenvalue weighted by atomic mass is 79.9. The maximum Gasteiger partial charge on any atom is 0.309 e. The Morgan fingerprint density at radius 2 is 2.26 bits per heavy atom. The summed E-state index contributed by atoms with van der Waals surface area (Å²) in [5.74, 6) is -0.316. The lowest BCUT2D eigenvalue weighted by Crippen LogP contribution is -2.24. The van der Waals surface area contributed by atoms with E-state index in [1.54, 1.807) is 0 Å². The smallest absolute Gasteiger partial charge is 0.309 e. The molecule has 0 radical (unpaired) electrons. The normalized spacial score (nSPS) is 17.1. The number of nitrogens with one attached hydrogen (secondary N) is 1. The molecule has 1 heterocycles. The number of hydrogen-bond acceptors (Lipinski definition) is 5. The molecule has 19 heavy (non-hydrogen) atoms. The van der Waals surface area contributed by atoms with E-state index in [4.69, 9.17) is 4.74 Å². The van der Waals surface area contributed by atoms with Gasteiger partial charge in [-0.25, -0.2) is 4.98 Å². The van der Waals surface area contributed by atoms with Crippen molar-refractivity contribution in [1.29, 1.82) is 0 Å². The Morgan fingerprint density at radius 1 is 1.53 bits per heavy atom. The molecule has 0 saturated carbocycles. The van der Waals surface area contributed by atoms with Gasteiger partial charge in [0.15, 0.2) is 5.13 Å². The summed E-state index contributed by atoms with van der Waals surface area (Å²) in [5.41, 5.74) is 1.00. The first kappa shape index (κ1) is 16.1. The number of esters is 1. The van der Waals surface area contributed by atoms with E-state index in [9.17, 15) is 9.59 Å². The summed E-state index contributed by atoms with van der Waals surface area (Å²) >= 11 is 1.45. The predicted octanol–water partition coefficient (Wildman–Crippen LogP) is 2.35. The third kappa shape index (κ3) is 4.01. The van der Waals surface area contributed by atoms with Crippen molar-refractivity contribution in [3.05, 3.63) is 10.6 Å². The van der Waals surface area contributed by atoms with Crippen LogP contribution in [0.15, 0.2) is 0 Å². The van der Waals surface area contributed by atoms with E-state index >= 15 is 0 Å². The Kier molecular flexibility index (Phi) is 5.93.